The Morgan fingerprint density at radius 1 is 1.00 bits per heavy atom. The fourth-order valence-corrected chi connectivity index (χ4v) is 2.01. The molecule has 2 rings (SSSR count). The largest absolute Gasteiger partial charge is 0.401 e. The van der Waals surface area contributed by atoms with Crippen molar-refractivity contribution in [2.75, 3.05) is 6.54 Å². The van der Waals surface area contributed by atoms with Gasteiger partial charge in [-0.1, -0.05) is 36.4 Å². The molecule has 0 aliphatic rings. The van der Waals surface area contributed by atoms with Crippen molar-refractivity contribution in [1.29, 1.82) is 0 Å². The van der Waals surface area contributed by atoms with Crippen LogP contribution in [0.3, 0.4) is 0 Å². The van der Waals surface area contributed by atoms with E-state index in [2.05, 4.69) is 5.32 Å². The molecule has 0 atom stereocenters. The minimum absolute atomic E-state index is 0.223. The van der Waals surface area contributed by atoms with E-state index >= 15 is 0 Å². The third-order valence-corrected chi connectivity index (χ3v) is 2.87. The van der Waals surface area contributed by atoms with Crippen LogP contribution in [0.1, 0.15) is 11.1 Å². The highest BCUT2D eigenvalue weighted by Gasteiger charge is 2.26. The van der Waals surface area contributed by atoms with E-state index in [4.69, 9.17) is 0 Å². The summed E-state index contributed by atoms with van der Waals surface area (Å²) in [7, 11) is 0. The molecule has 0 saturated carbocycles. The number of hydrogen-bond acceptors (Lipinski definition) is 1. The van der Waals surface area contributed by atoms with Crippen LogP contribution in [0.4, 0.5) is 13.2 Å². The first kappa shape index (κ1) is 12.9. The van der Waals surface area contributed by atoms with Gasteiger partial charge in [0.05, 0.1) is 6.54 Å². The number of benzene rings is 2. The van der Waals surface area contributed by atoms with Gasteiger partial charge in [0, 0.05) is 6.54 Å². The van der Waals surface area contributed by atoms with Crippen molar-refractivity contribution in [3.63, 3.8) is 0 Å². The fraction of sp³-hybridized carbons (Fsp3) is 0.286. The Morgan fingerprint density at radius 3 is 2.33 bits per heavy atom. The molecule has 96 valence electrons. The Kier molecular flexibility index (Phi) is 3.57. The smallest absolute Gasteiger partial charge is 0.305 e. The molecule has 0 radical (unpaired) electrons. The van der Waals surface area contributed by atoms with Crippen molar-refractivity contribution in [2.45, 2.75) is 19.6 Å². The zero-order valence-electron chi connectivity index (χ0n) is 10.0. The van der Waals surface area contributed by atoms with E-state index in [-0.39, 0.29) is 6.54 Å². The number of hydrogen-bond donors (Lipinski definition) is 1. The third-order valence-electron chi connectivity index (χ3n) is 2.87. The van der Waals surface area contributed by atoms with Gasteiger partial charge < -0.3 is 5.32 Å². The second-order valence-corrected chi connectivity index (χ2v) is 4.31. The third kappa shape index (κ3) is 3.01. The van der Waals surface area contributed by atoms with Crippen LogP contribution in [0.15, 0.2) is 36.4 Å². The van der Waals surface area contributed by atoms with Crippen molar-refractivity contribution >= 4 is 10.8 Å². The van der Waals surface area contributed by atoms with Crippen molar-refractivity contribution in [2.24, 2.45) is 0 Å². The summed E-state index contributed by atoms with van der Waals surface area (Å²) in [4.78, 5) is 0. The summed E-state index contributed by atoms with van der Waals surface area (Å²) in [6.45, 7) is 1.25. The molecular weight excluding hydrogens is 239 g/mol. The number of alkyl halides is 3. The second-order valence-electron chi connectivity index (χ2n) is 4.31. The van der Waals surface area contributed by atoms with Crippen LogP contribution >= 0.6 is 0 Å². The van der Waals surface area contributed by atoms with Gasteiger partial charge in [-0.15, -0.1) is 0 Å². The van der Waals surface area contributed by atoms with E-state index in [0.717, 1.165) is 21.9 Å². The van der Waals surface area contributed by atoms with E-state index in [0.29, 0.717) is 0 Å². The van der Waals surface area contributed by atoms with Gasteiger partial charge in [-0.05, 0) is 28.8 Å². The lowest BCUT2D eigenvalue weighted by atomic mass is 10.0. The van der Waals surface area contributed by atoms with Crippen LogP contribution in [0, 0.1) is 6.92 Å². The van der Waals surface area contributed by atoms with Gasteiger partial charge in [-0.3, -0.25) is 0 Å². The fourth-order valence-electron chi connectivity index (χ4n) is 2.01. The molecule has 1 nitrogen and oxygen atoms in total. The predicted octanol–water partition coefficient (Wildman–Crippen LogP) is 3.80. The van der Waals surface area contributed by atoms with Crippen molar-refractivity contribution < 1.29 is 13.2 Å². The van der Waals surface area contributed by atoms with Crippen molar-refractivity contribution in [3.8, 4) is 0 Å². The molecule has 0 saturated heterocycles. The summed E-state index contributed by atoms with van der Waals surface area (Å²) in [5.74, 6) is 0. The lowest BCUT2D eigenvalue weighted by molar-refractivity contribution is -0.125. The molecule has 1 N–H and O–H groups in total. The Labute approximate surface area is 104 Å². The average Bonchev–Trinajstić information content (AvgIpc) is 2.31. The standard InChI is InChI=1S/C14H14F3N/c1-10-6-7-11(8-18-9-14(15,16)17)13-5-3-2-4-12(10)13/h2-7,18H,8-9H2,1H3. The highest BCUT2D eigenvalue weighted by atomic mass is 19.4. The zero-order valence-corrected chi connectivity index (χ0v) is 10.0. The molecule has 2 aromatic rings. The molecule has 0 unspecified atom stereocenters. The minimum Gasteiger partial charge on any atom is -0.305 e. The SMILES string of the molecule is Cc1ccc(CNCC(F)(F)F)c2ccccc12. The molecule has 0 aromatic heterocycles. The van der Waals surface area contributed by atoms with E-state index in [1.54, 1.807) is 0 Å². The first-order valence-corrected chi connectivity index (χ1v) is 5.72. The molecule has 0 aliphatic heterocycles. The maximum Gasteiger partial charge on any atom is 0.401 e. The van der Waals surface area contributed by atoms with Crippen LogP contribution in [0.25, 0.3) is 10.8 Å². The first-order valence-electron chi connectivity index (χ1n) is 5.72. The second kappa shape index (κ2) is 4.98. The highest BCUT2D eigenvalue weighted by Crippen LogP contribution is 2.22. The van der Waals surface area contributed by atoms with E-state index in [9.17, 15) is 13.2 Å². The van der Waals surface area contributed by atoms with Gasteiger partial charge in [0.2, 0.25) is 0 Å². The van der Waals surface area contributed by atoms with Crippen molar-refractivity contribution in [1.82, 2.24) is 5.32 Å². The summed E-state index contributed by atoms with van der Waals surface area (Å²) >= 11 is 0. The molecule has 4 heteroatoms. The molecule has 0 bridgehead atoms. The van der Waals surface area contributed by atoms with Crippen LogP contribution in [-0.4, -0.2) is 12.7 Å². The number of aryl methyl sites for hydroxylation is 1. The van der Waals surface area contributed by atoms with Gasteiger partial charge in [0.15, 0.2) is 0 Å². The molecule has 18 heavy (non-hydrogen) atoms. The van der Waals surface area contributed by atoms with Crippen LogP contribution < -0.4 is 5.32 Å². The van der Waals surface area contributed by atoms with Gasteiger partial charge in [0.25, 0.3) is 0 Å². The Bertz CT molecular complexity index is 546. The van der Waals surface area contributed by atoms with Crippen LogP contribution in [0.5, 0.6) is 0 Å². The zero-order chi connectivity index (χ0) is 13.2. The van der Waals surface area contributed by atoms with Crippen LogP contribution in [0.2, 0.25) is 0 Å². The first-order chi connectivity index (χ1) is 8.47. The molecule has 0 heterocycles. The predicted molar refractivity (Wildman–Crippen MR) is 66.4 cm³/mol. The van der Waals surface area contributed by atoms with Gasteiger partial charge in [0.1, 0.15) is 0 Å². The van der Waals surface area contributed by atoms with Gasteiger partial charge in [-0.2, -0.15) is 13.2 Å². The normalized spacial score (nSPS) is 12.0. The number of nitrogens with one attached hydrogen (secondary N) is 1. The molecule has 2 aromatic carbocycles. The Hall–Kier alpha value is -1.55. The van der Waals surface area contributed by atoms with Gasteiger partial charge >= 0.3 is 6.18 Å². The maximum absolute atomic E-state index is 12.1. The maximum atomic E-state index is 12.1. The topological polar surface area (TPSA) is 12.0 Å². The molecular formula is C14H14F3N. The lowest BCUT2D eigenvalue weighted by Gasteiger charge is -2.11. The highest BCUT2D eigenvalue weighted by molar-refractivity contribution is 5.88. The molecule has 0 aliphatic carbocycles. The molecule has 0 fully saturated rings. The summed E-state index contributed by atoms with van der Waals surface area (Å²) in [5, 5.41) is 4.52. The van der Waals surface area contributed by atoms with E-state index in [1.807, 2.05) is 43.3 Å². The molecule has 0 spiro atoms. The summed E-state index contributed by atoms with van der Waals surface area (Å²) in [6.07, 6.45) is -4.17. The quantitative estimate of drug-likeness (QED) is 0.877. The molecule has 0 amide bonds. The minimum atomic E-state index is -4.17. The van der Waals surface area contributed by atoms with Gasteiger partial charge in [-0.25, -0.2) is 0 Å². The van der Waals surface area contributed by atoms with Crippen LogP contribution in [-0.2, 0) is 6.54 Å². The monoisotopic (exact) mass is 253 g/mol. The summed E-state index contributed by atoms with van der Waals surface area (Å²) in [5.41, 5.74) is 2.02. The number of halogens is 3. The van der Waals surface area contributed by atoms with E-state index < -0.39 is 12.7 Å². The summed E-state index contributed by atoms with van der Waals surface area (Å²) < 4.78 is 36.2. The van der Waals surface area contributed by atoms with E-state index in [1.165, 1.54) is 0 Å². The number of rotatable bonds is 3. The Balaban J connectivity index is 2.21. The summed E-state index contributed by atoms with van der Waals surface area (Å²) in [6, 6.07) is 11.6. The van der Waals surface area contributed by atoms with Crippen molar-refractivity contribution in [3.05, 3.63) is 47.5 Å². The number of fused-ring (bicyclic) bond motifs is 1. The Morgan fingerprint density at radius 2 is 1.67 bits per heavy atom. The average molecular weight is 253 g/mol. The lowest BCUT2D eigenvalue weighted by Crippen LogP contribution is -2.28.